The van der Waals surface area contributed by atoms with E-state index < -0.39 is 0 Å². The molecule has 4 heteroatoms. The van der Waals surface area contributed by atoms with Crippen molar-refractivity contribution in [1.29, 1.82) is 0 Å². The second-order valence-corrected chi connectivity index (χ2v) is 7.57. The number of benzene rings is 1. The summed E-state index contributed by atoms with van der Waals surface area (Å²) in [6.45, 7) is 4.16. The number of rotatable bonds is 1. The van der Waals surface area contributed by atoms with Gasteiger partial charge in [0.15, 0.2) is 0 Å². The molecule has 1 aliphatic heterocycles. The van der Waals surface area contributed by atoms with Crippen LogP contribution < -0.4 is 4.90 Å². The molecule has 3 nitrogen and oxygen atoms in total. The number of para-hydroxylation sites is 1. The summed E-state index contributed by atoms with van der Waals surface area (Å²) in [5, 5.41) is 0. The van der Waals surface area contributed by atoms with Gasteiger partial charge in [-0.2, -0.15) is 0 Å². The van der Waals surface area contributed by atoms with Crippen molar-refractivity contribution in [2.24, 2.45) is 23.7 Å². The molecule has 0 spiro atoms. The predicted octanol–water partition coefficient (Wildman–Crippen LogP) is 3.55. The number of allylic oxidation sites excluding steroid dienone is 4. The van der Waals surface area contributed by atoms with Gasteiger partial charge in [-0.05, 0) is 48.6 Å². The fraction of sp³-hybridized carbons (Fsp3) is 0.333. The van der Waals surface area contributed by atoms with E-state index in [0.29, 0.717) is 0 Å². The molecule has 1 aromatic carbocycles. The molecule has 22 heavy (non-hydrogen) atoms. The molecule has 1 saturated carbocycles. The summed E-state index contributed by atoms with van der Waals surface area (Å²) in [7, 11) is 0. The third kappa shape index (κ3) is 1.67. The summed E-state index contributed by atoms with van der Waals surface area (Å²) < 4.78 is 0.935. The highest BCUT2D eigenvalue weighted by Crippen LogP contribution is 2.57. The minimum Gasteiger partial charge on any atom is -0.274 e. The molecule has 4 rings (SSSR count). The molecule has 0 unspecified atom stereocenters. The van der Waals surface area contributed by atoms with Crippen molar-refractivity contribution >= 4 is 40.1 Å². The van der Waals surface area contributed by atoms with Crippen molar-refractivity contribution in [2.75, 3.05) is 4.90 Å². The number of hydrogen-bond acceptors (Lipinski definition) is 2. The molecule has 4 atom stereocenters. The lowest BCUT2D eigenvalue weighted by Crippen LogP contribution is -2.33. The van der Waals surface area contributed by atoms with Crippen LogP contribution in [0.1, 0.15) is 13.8 Å². The average molecular weight is 405 g/mol. The van der Waals surface area contributed by atoms with E-state index in [1.165, 1.54) is 16.0 Å². The number of imide groups is 1. The number of amides is 2. The Bertz CT molecular complexity index is 726. The van der Waals surface area contributed by atoms with E-state index in [1.54, 1.807) is 0 Å². The number of fused-ring (bicyclic) bond motifs is 5. The maximum absolute atomic E-state index is 13.0. The van der Waals surface area contributed by atoms with Crippen molar-refractivity contribution in [1.82, 2.24) is 0 Å². The van der Waals surface area contributed by atoms with E-state index in [9.17, 15) is 9.59 Å². The van der Waals surface area contributed by atoms with Crippen LogP contribution in [0.25, 0.3) is 0 Å². The normalized spacial score (nSPS) is 32.1. The smallest absolute Gasteiger partial charge is 0.238 e. The number of halogens is 1. The van der Waals surface area contributed by atoms with Gasteiger partial charge in [0.1, 0.15) is 0 Å². The molecule has 2 bridgehead atoms. The molecule has 1 aromatic rings. The van der Waals surface area contributed by atoms with E-state index in [2.05, 4.69) is 48.6 Å². The quantitative estimate of drug-likeness (QED) is 0.407. The first-order valence-corrected chi connectivity index (χ1v) is 8.58. The minimum absolute atomic E-state index is 0.0327. The van der Waals surface area contributed by atoms with Crippen LogP contribution in [0.2, 0.25) is 0 Å². The van der Waals surface area contributed by atoms with Gasteiger partial charge < -0.3 is 0 Å². The Labute approximate surface area is 143 Å². The van der Waals surface area contributed by atoms with Crippen LogP contribution in [0.15, 0.2) is 47.6 Å². The summed E-state index contributed by atoms with van der Waals surface area (Å²) >= 11 is 2.18. The fourth-order valence-electron chi connectivity index (χ4n) is 4.30. The lowest BCUT2D eigenvalue weighted by molar-refractivity contribution is -0.122. The lowest BCUT2D eigenvalue weighted by Gasteiger charge is -2.20. The molecule has 2 fully saturated rings. The van der Waals surface area contributed by atoms with Crippen LogP contribution in [0.3, 0.4) is 0 Å². The van der Waals surface area contributed by atoms with Crippen molar-refractivity contribution in [2.45, 2.75) is 13.8 Å². The summed E-state index contributed by atoms with van der Waals surface area (Å²) in [5.74, 6) is -0.248. The minimum atomic E-state index is -0.205. The van der Waals surface area contributed by atoms with Gasteiger partial charge in [0.05, 0.1) is 17.5 Å². The monoisotopic (exact) mass is 405 g/mol. The lowest BCUT2D eigenvalue weighted by atomic mass is 9.85. The first-order valence-electron chi connectivity index (χ1n) is 7.50. The average Bonchev–Trinajstić information content (AvgIpc) is 3.11. The Hall–Kier alpha value is -1.43. The number of anilines is 1. The largest absolute Gasteiger partial charge is 0.274 e. The molecular formula is C18H16INO2. The Balaban J connectivity index is 1.80. The van der Waals surface area contributed by atoms with Crippen molar-refractivity contribution < 1.29 is 9.59 Å². The van der Waals surface area contributed by atoms with Crippen LogP contribution in [0.5, 0.6) is 0 Å². The maximum Gasteiger partial charge on any atom is 0.238 e. The molecule has 2 amide bonds. The number of hydrogen-bond donors (Lipinski definition) is 0. The molecule has 0 aromatic heterocycles. The highest BCUT2D eigenvalue weighted by atomic mass is 127. The molecule has 2 aliphatic carbocycles. The van der Waals surface area contributed by atoms with Crippen molar-refractivity contribution in [3.05, 3.63) is 51.1 Å². The summed E-state index contributed by atoms with van der Waals surface area (Å²) in [6.07, 6.45) is 4.25. The van der Waals surface area contributed by atoms with E-state index in [4.69, 9.17) is 0 Å². The molecule has 3 aliphatic rings. The van der Waals surface area contributed by atoms with Gasteiger partial charge in [0.2, 0.25) is 11.8 Å². The van der Waals surface area contributed by atoms with Gasteiger partial charge in [-0.25, -0.2) is 4.90 Å². The van der Waals surface area contributed by atoms with E-state index in [0.717, 1.165) is 9.26 Å². The van der Waals surface area contributed by atoms with Crippen molar-refractivity contribution in [3.8, 4) is 0 Å². The number of carbonyl (C=O) groups is 2. The van der Waals surface area contributed by atoms with Gasteiger partial charge in [0, 0.05) is 15.4 Å². The van der Waals surface area contributed by atoms with Gasteiger partial charge >= 0.3 is 0 Å². The van der Waals surface area contributed by atoms with E-state index >= 15 is 0 Å². The van der Waals surface area contributed by atoms with Gasteiger partial charge in [0.25, 0.3) is 0 Å². The third-order valence-corrected chi connectivity index (χ3v) is 6.00. The zero-order chi connectivity index (χ0) is 15.6. The van der Waals surface area contributed by atoms with Crippen LogP contribution in [-0.4, -0.2) is 11.8 Å². The molecule has 1 saturated heterocycles. The number of carbonyl (C=O) groups excluding carboxylic acids is 2. The second-order valence-electron chi connectivity index (χ2n) is 6.41. The van der Waals surface area contributed by atoms with E-state index in [1.807, 2.05) is 24.3 Å². The van der Waals surface area contributed by atoms with Gasteiger partial charge in [-0.15, -0.1) is 0 Å². The first-order chi connectivity index (χ1) is 10.5. The topological polar surface area (TPSA) is 37.4 Å². The molecule has 0 N–H and O–H groups in total. The zero-order valence-electron chi connectivity index (χ0n) is 12.4. The standard InChI is InChI=1S/C18H16INO2/c1-9(2)14-10-7-8-11(14)16-15(10)17(21)20(18(16)22)13-6-4-3-5-12(13)19/h3-8,10-11,15-16H,1-2H3/t10-,11-,15+,16+/m1/s1. The van der Waals surface area contributed by atoms with Crippen LogP contribution in [-0.2, 0) is 9.59 Å². The van der Waals surface area contributed by atoms with Crippen molar-refractivity contribution in [3.63, 3.8) is 0 Å². The Morgan fingerprint density at radius 3 is 2.05 bits per heavy atom. The number of nitrogens with zero attached hydrogens (tertiary/aromatic N) is 1. The Morgan fingerprint density at radius 1 is 1.00 bits per heavy atom. The molecular weight excluding hydrogens is 389 g/mol. The summed E-state index contributed by atoms with van der Waals surface area (Å²) in [5.41, 5.74) is 3.26. The fourth-order valence-corrected chi connectivity index (χ4v) is 4.93. The van der Waals surface area contributed by atoms with Crippen LogP contribution >= 0.6 is 22.6 Å². The summed E-state index contributed by atoms with van der Waals surface area (Å²) in [6, 6.07) is 7.58. The van der Waals surface area contributed by atoms with Gasteiger partial charge in [-0.1, -0.05) is 35.4 Å². The highest BCUT2D eigenvalue weighted by molar-refractivity contribution is 14.1. The first kappa shape index (κ1) is 14.2. The maximum atomic E-state index is 13.0. The molecule has 112 valence electrons. The van der Waals surface area contributed by atoms with Crippen LogP contribution in [0.4, 0.5) is 5.69 Å². The van der Waals surface area contributed by atoms with Gasteiger partial charge in [-0.3, -0.25) is 9.59 Å². The third-order valence-electron chi connectivity index (χ3n) is 5.09. The van der Waals surface area contributed by atoms with Crippen LogP contribution in [0, 0.1) is 27.2 Å². The second kappa shape index (κ2) is 4.78. The molecule has 1 heterocycles. The summed E-state index contributed by atoms with van der Waals surface area (Å²) in [4.78, 5) is 27.3. The highest BCUT2D eigenvalue weighted by Gasteiger charge is 2.62. The zero-order valence-corrected chi connectivity index (χ0v) is 14.6. The predicted molar refractivity (Wildman–Crippen MR) is 93.1 cm³/mol. The van der Waals surface area contributed by atoms with E-state index in [-0.39, 0.29) is 35.5 Å². The SMILES string of the molecule is CC(C)=C1[C@H]2C=C[C@H]1[C@@H]1C(=O)N(c3ccccc3I)C(=O)[C@H]12. The molecule has 0 radical (unpaired) electrons. The Kier molecular flexibility index (Phi) is 3.08. The Morgan fingerprint density at radius 2 is 1.55 bits per heavy atom.